The van der Waals surface area contributed by atoms with Crippen molar-refractivity contribution >= 4 is 387 Å². The molecule has 0 spiro atoms. The average molecular weight is 1580 g/mol. The van der Waals surface area contributed by atoms with Crippen LogP contribution in [0.5, 0.6) is 0 Å². The molecule has 0 saturated carbocycles. The van der Waals surface area contributed by atoms with Gasteiger partial charge in [-0.2, -0.15) is 0 Å². The van der Waals surface area contributed by atoms with Crippen molar-refractivity contribution in [3.8, 4) is 0 Å². The van der Waals surface area contributed by atoms with Gasteiger partial charge in [0.1, 0.15) is 0 Å². The molecule has 0 aromatic rings. The van der Waals surface area contributed by atoms with Gasteiger partial charge in [-0.1, -0.05) is 8.53 Å². The van der Waals surface area contributed by atoms with Crippen LogP contribution in [0.2, 0.25) is 0 Å². The minimum absolute atomic E-state index is 1.21. The van der Waals surface area contributed by atoms with Gasteiger partial charge in [0.05, 0.1) is 0 Å². The SMILES string of the molecule is P#P=P\P=P/P=P\P=P/P=P\P=P/P=P\P=P/P=P\P=P/P=P\P=P/P=P\P=P/P=P\P=P/P=P\P=P/P=P\P=P/P=P\P=P/P=P\P=P/P=P. The van der Waals surface area contributed by atoms with Gasteiger partial charge in [0.25, 0.3) is 0 Å². The van der Waals surface area contributed by atoms with Gasteiger partial charge in [0.2, 0.25) is 0 Å². The summed E-state index contributed by atoms with van der Waals surface area (Å²) in [4.78, 5) is 0. The summed E-state index contributed by atoms with van der Waals surface area (Å²) in [6.07, 6.45) is 0. The first-order valence-electron chi connectivity index (χ1n) is 10.0. The van der Waals surface area contributed by atoms with E-state index >= 15 is 0 Å². The first-order valence-corrected chi connectivity index (χ1v) is 90.2. The van der Waals surface area contributed by atoms with Crippen molar-refractivity contribution in [2.24, 2.45) is 0 Å². The molecule has 0 radical (unpaired) electrons. The second-order valence-corrected chi connectivity index (χ2v) is 119. The van der Waals surface area contributed by atoms with Gasteiger partial charge >= 0.3 is 106 Å². The molecule has 0 aromatic heterocycles. The van der Waals surface area contributed by atoms with Crippen LogP contribution in [-0.2, 0) is 0 Å². The Kier molecular flexibility index (Phi) is 85.6. The van der Waals surface area contributed by atoms with Crippen LogP contribution in [0.15, 0.2) is 0 Å². The molecule has 0 aliphatic rings. The van der Waals surface area contributed by atoms with E-state index in [0.29, 0.717) is 0 Å². The molecule has 0 saturated heterocycles. The molecule has 0 amide bonds. The van der Waals surface area contributed by atoms with E-state index in [1.165, 1.54) is 44.8 Å². The third kappa shape index (κ3) is 65.6. The maximum absolute atomic E-state index is 4.23. The third-order valence-corrected chi connectivity index (χ3v) is 156. The Morgan fingerprint density at radius 3 is 0.353 bits per heavy atom. The molecule has 0 unspecified atom stereocenters. The Bertz CT molecular complexity index is 1710. The summed E-state index contributed by atoms with van der Waals surface area (Å²) in [6, 6.07) is 0. The van der Waals surface area contributed by atoms with Crippen LogP contribution in [0.1, 0.15) is 0 Å². The van der Waals surface area contributed by atoms with Crippen molar-refractivity contribution < 1.29 is 0 Å². The zero-order chi connectivity index (χ0) is 36.6. The predicted octanol–water partition coefficient (Wildman–Crippen LogP) is 43.7. The molecule has 51 heteroatoms. The Balaban J connectivity index is 4.06. The molecule has 0 rings (SSSR count). The van der Waals surface area contributed by atoms with Crippen LogP contribution in [-0.4, -0.2) is 0 Å². The molecule has 0 N–H and O–H groups in total. The number of hydrogen-bond donors (Lipinski definition) is 0. The maximum atomic E-state index is 4.23. The van der Waals surface area contributed by atoms with Crippen LogP contribution in [0.3, 0.4) is 0 Å². The Morgan fingerprint density at radius 1 is 0.157 bits per heavy atom. The average Bonchev–Trinajstić information content (AvgIpc) is 3.14. The van der Waals surface area contributed by atoms with Gasteiger partial charge in [0.15, 0.2) is 0 Å². The molecule has 0 aliphatic carbocycles. The fourth-order valence-corrected chi connectivity index (χ4v) is 205. The van der Waals surface area contributed by atoms with Crippen molar-refractivity contribution in [1.29, 1.82) is 0 Å². The van der Waals surface area contributed by atoms with Crippen molar-refractivity contribution in [3.05, 3.63) is 0 Å². The van der Waals surface area contributed by atoms with Crippen molar-refractivity contribution in [2.75, 3.05) is 0 Å². The van der Waals surface area contributed by atoms with Gasteiger partial charge in [-0.15, -0.1) is 0 Å². The van der Waals surface area contributed by atoms with Crippen molar-refractivity contribution in [2.45, 2.75) is 0 Å². The normalized spacial score (nSPS) is 15.3. The molecule has 0 nitrogen and oxygen atoms in total. The van der Waals surface area contributed by atoms with Gasteiger partial charge in [-0.05, 0) is 60.4 Å². The van der Waals surface area contributed by atoms with Gasteiger partial charge in [-0.25, -0.2) is 0 Å². The zero-order valence-corrected chi connectivity index (χ0v) is 68.6. The summed E-state index contributed by atoms with van der Waals surface area (Å²) in [5.74, 6) is 0. The summed E-state index contributed by atoms with van der Waals surface area (Å²) in [5.41, 5.74) is 0. The summed E-state index contributed by atoms with van der Waals surface area (Å²) in [6.45, 7) is 1.21. The first-order chi connectivity index (χ1) is 25.4. The Morgan fingerprint density at radius 2 is 0.255 bits per heavy atom. The molecule has 0 atom stereocenters. The summed E-state index contributed by atoms with van der Waals surface area (Å²) in [5, 5.41) is 0. The van der Waals surface area contributed by atoms with Gasteiger partial charge < -0.3 is 0 Å². The summed E-state index contributed by atoms with van der Waals surface area (Å²) in [7, 11) is 83.7. The van der Waals surface area contributed by atoms with E-state index in [2.05, 4.69) is 16.9 Å². The summed E-state index contributed by atoms with van der Waals surface area (Å²) >= 11 is 0. The van der Waals surface area contributed by atoms with Crippen molar-refractivity contribution in [3.63, 3.8) is 0 Å². The van der Waals surface area contributed by atoms with Crippen LogP contribution in [0.4, 0.5) is 0 Å². The Hall–Kier alpha value is 15.6. The second-order valence-electron chi connectivity index (χ2n) is 4.39. The minimum atomic E-state index is 1.21. The fourth-order valence-electron chi connectivity index (χ4n) is 0.843. The van der Waals surface area contributed by atoms with Crippen LogP contribution >= 0.6 is 387 Å². The third-order valence-electron chi connectivity index (χ3n) is 1.92. The van der Waals surface area contributed by atoms with E-state index < -0.39 is 0 Å². The smallest absolute Gasteiger partial charge is 0.0835 e. The van der Waals surface area contributed by atoms with Crippen molar-refractivity contribution in [1.82, 2.24) is 0 Å². The molecule has 256 valence electrons. The van der Waals surface area contributed by atoms with Crippen LogP contribution < -0.4 is 0 Å². The van der Waals surface area contributed by atoms with E-state index in [-0.39, 0.29) is 0 Å². The second kappa shape index (κ2) is 65.6. The quantitative estimate of drug-likeness (QED) is 0.0845. The fraction of sp³-hybridized carbons (Fsp3) is 0. The van der Waals surface area contributed by atoms with E-state index in [9.17, 15) is 0 Å². The molecule has 0 aliphatic heterocycles. The van der Waals surface area contributed by atoms with Crippen LogP contribution in [0.25, 0.3) is 0 Å². The first kappa shape index (κ1) is 66.6. The van der Waals surface area contributed by atoms with E-state index in [1.54, 1.807) is 325 Å². The van der Waals surface area contributed by atoms with Crippen LogP contribution in [0, 0.1) is 0 Å². The van der Waals surface area contributed by atoms with E-state index in [1.807, 2.05) is 0 Å². The number of hydrogen-bond acceptors (Lipinski definition) is 0. The Labute approximate surface area is 380 Å². The molecule has 0 aromatic carbocycles. The minimum Gasteiger partial charge on any atom is -0.0835 e. The summed E-state index contributed by atoms with van der Waals surface area (Å²) < 4.78 is 0. The molecule has 51 heavy (non-hydrogen) atoms. The zero-order valence-electron chi connectivity index (χ0n) is 22.9. The van der Waals surface area contributed by atoms with Gasteiger partial charge in [-0.3, -0.25) is 0 Å². The number of rotatable bonds is 24. The van der Waals surface area contributed by atoms with E-state index in [0.717, 1.165) is 0 Å². The topological polar surface area (TPSA) is 0 Å². The monoisotopic (exact) mass is 1580 g/mol. The standard InChI is InChI=1S/HP51/c1-3-5-7-9-11-13-15-17-19-21-23-25-27-29-31-33-35-37-39-41-43-45-47-49-51-50-48-46-44-42-40-38-36-34-32-30-28-26-24-22-20-18-16-14-12-10-8-6-4-2/h1H. The molecular weight excluding hydrogens is 1580 g/mol. The molecular formula is HP51. The van der Waals surface area contributed by atoms with E-state index in [4.69, 9.17) is 0 Å². The predicted molar refractivity (Wildman–Crippen MR) is 354 cm³/mol. The molecule has 0 heterocycles. The van der Waals surface area contributed by atoms with Gasteiger partial charge in [0, 0.05) is 212 Å². The molecule has 0 bridgehead atoms. The molecule has 0 fully saturated rings.